The molecule has 2 N–H and O–H groups in total. The summed E-state index contributed by atoms with van der Waals surface area (Å²) in [6.07, 6.45) is 0. The zero-order valence-corrected chi connectivity index (χ0v) is 11.6. The molecule has 0 saturated carbocycles. The Balaban J connectivity index is 2.45. The Morgan fingerprint density at radius 1 is 1.00 bits per heavy atom. The standard InChI is InChI=1S/C14H12F3NO2S/c15-11-4-5-12(16)13(6-11)21(19,20)8-10-3-1-2-9(7-18)14(10)17/h1-6H,7-8,18H2. The summed E-state index contributed by atoms with van der Waals surface area (Å²) in [5.41, 5.74) is 5.36. The van der Waals surface area contributed by atoms with Crippen molar-refractivity contribution in [2.75, 3.05) is 0 Å². The number of sulfone groups is 1. The van der Waals surface area contributed by atoms with Gasteiger partial charge in [-0.1, -0.05) is 18.2 Å². The molecule has 0 fully saturated rings. The topological polar surface area (TPSA) is 60.2 Å². The minimum Gasteiger partial charge on any atom is -0.326 e. The molecule has 0 heterocycles. The van der Waals surface area contributed by atoms with Crippen LogP contribution in [-0.4, -0.2) is 8.42 Å². The summed E-state index contributed by atoms with van der Waals surface area (Å²) < 4.78 is 64.9. The molecule has 0 atom stereocenters. The van der Waals surface area contributed by atoms with Gasteiger partial charge in [0.2, 0.25) is 0 Å². The highest BCUT2D eigenvalue weighted by atomic mass is 32.2. The Labute approximate surface area is 120 Å². The van der Waals surface area contributed by atoms with E-state index < -0.39 is 37.9 Å². The van der Waals surface area contributed by atoms with Gasteiger partial charge in [0.15, 0.2) is 9.84 Å². The van der Waals surface area contributed by atoms with Crippen LogP contribution in [0.3, 0.4) is 0 Å². The zero-order valence-electron chi connectivity index (χ0n) is 10.8. The molecule has 0 aromatic heterocycles. The minimum atomic E-state index is -4.21. The van der Waals surface area contributed by atoms with Crippen molar-refractivity contribution in [1.29, 1.82) is 0 Å². The maximum atomic E-state index is 14.0. The molecule has 21 heavy (non-hydrogen) atoms. The van der Waals surface area contributed by atoms with Gasteiger partial charge in [0, 0.05) is 17.7 Å². The summed E-state index contributed by atoms with van der Waals surface area (Å²) >= 11 is 0. The molecule has 0 unspecified atom stereocenters. The second-order valence-corrected chi connectivity index (χ2v) is 6.39. The van der Waals surface area contributed by atoms with Gasteiger partial charge in [-0.25, -0.2) is 21.6 Å². The van der Waals surface area contributed by atoms with Crippen molar-refractivity contribution in [3.63, 3.8) is 0 Å². The predicted octanol–water partition coefficient (Wildman–Crippen LogP) is 2.54. The maximum Gasteiger partial charge on any atom is 0.185 e. The largest absolute Gasteiger partial charge is 0.326 e. The van der Waals surface area contributed by atoms with Crippen molar-refractivity contribution in [2.24, 2.45) is 5.73 Å². The number of rotatable bonds is 4. The molecule has 2 aromatic carbocycles. The summed E-state index contributed by atoms with van der Waals surface area (Å²) in [4.78, 5) is -0.792. The summed E-state index contributed by atoms with van der Waals surface area (Å²) in [7, 11) is -4.21. The van der Waals surface area contributed by atoms with Crippen LogP contribution in [0.5, 0.6) is 0 Å². The number of benzene rings is 2. The molecule has 0 saturated heterocycles. The fourth-order valence-corrected chi connectivity index (χ4v) is 3.35. The van der Waals surface area contributed by atoms with E-state index in [1.54, 1.807) is 0 Å². The first kappa shape index (κ1) is 15.5. The molecule has 0 aliphatic carbocycles. The zero-order chi connectivity index (χ0) is 15.6. The smallest absolute Gasteiger partial charge is 0.185 e. The Morgan fingerprint density at radius 2 is 1.67 bits per heavy atom. The van der Waals surface area contributed by atoms with Crippen LogP contribution in [0.4, 0.5) is 13.2 Å². The van der Waals surface area contributed by atoms with E-state index in [-0.39, 0.29) is 17.7 Å². The number of nitrogens with two attached hydrogens (primary N) is 1. The van der Waals surface area contributed by atoms with Crippen LogP contribution in [0, 0.1) is 17.5 Å². The lowest BCUT2D eigenvalue weighted by molar-refractivity contribution is 0.550. The van der Waals surface area contributed by atoms with Crippen LogP contribution < -0.4 is 5.73 Å². The van der Waals surface area contributed by atoms with Gasteiger partial charge >= 0.3 is 0 Å². The van der Waals surface area contributed by atoms with Crippen LogP contribution in [-0.2, 0) is 22.1 Å². The van der Waals surface area contributed by atoms with E-state index in [1.807, 2.05) is 0 Å². The summed E-state index contributed by atoms with van der Waals surface area (Å²) in [6, 6.07) is 6.25. The first-order valence-electron chi connectivity index (χ1n) is 5.99. The van der Waals surface area contributed by atoms with Gasteiger partial charge < -0.3 is 5.73 Å². The second-order valence-electron chi connectivity index (χ2n) is 4.43. The molecule has 112 valence electrons. The first-order chi connectivity index (χ1) is 9.85. The van der Waals surface area contributed by atoms with Gasteiger partial charge in [-0.2, -0.15) is 0 Å². The van der Waals surface area contributed by atoms with E-state index in [9.17, 15) is 21.6 Å². The van der Waals surface area contributed by atoms with Crippen LogP contribution in [0.2, 0.25) is 0 Å². The van der Waals surface area contributed by atoms with Crippen LogP contribution in [0.15, 0.2) is 41.3 Å². The maximum absolute atomic E-state index is 14.0. The fraction of sp³-hybridized carbons (Fsp3) is 0.143. The van der Waals surface area contributed by atoms with E-state index in [4.69, 9.17) is 5.73 Å². The Kier molecular flexibility index (Phi) is 4.34. The third kappa shape index (κ3) is 3.25. The highest BCUT2D eigenvalue weighted by Crippen LogP contribution is 2.23. The van der Waals surface area contributed by atoms with Gasteiger partial charge in [-0.05, 0) is 18.2 Å². The molecule has 0 radical (unpaired) electrons. The fourth-order valence-electron chi connectivity index (χ4n) is 1.90. The van der Waals surface area contributed by atoms with Crippen molar-refractivity contribution in [2.45, 2.75) is 17.2 Å². The monoisotopic (exact) mass is 315 g/mol. The molecule has 0 amide bonds. The lowest BCUT2D eigenvalue weighted by Gasteiger charge is -2.09. The number of hydrogen-bond donors (Lipinski definition) is 1. The summed E-state index contributed by atoms with van der Waals surface area (Å²) in [5, 5.41) is 0. The molecule has 2 rings (SSSR count). The molecule has 7 heteroatoms. The van der Waals surface area contributed by atoms with Crippen molar-refractivity contribution in [1.82, 2.24) is 0 Å². The van der Waals surface area contributed by atoms with Crippen molar-refractivity contribution >= 4 is 9.84 Å². The first-order valence-corrected chi connectivity index (χ1v) is 7.64. The molecular weight excluding hydrogens is 303 g/mol. The van der Waals surface area contributed by atoms with Crippen LogP contribution >= 0.6 is 0 Å². The summed E-state index contributed by atoms with van der Waals surface area (Å²) in [5.74, 6) is -3.48. The quantitative estimate of drug-likeness (QED) is 0.943. The highest BCUT2D eigenvalue weighted by Gasteiger charge is 2.22. The van der Waals surface area contributed by atoms with E-state index >= 15 is 0 Å². The van der Waals surface area contributed by atoms with Gasteiger partial charge in [0.05, 0.1) is 5.75 Å². The molecule has 3 nitrogen and oxygen atoms in total. The Bertz CT molecular complexity index is 776. The third-order valence-electron chi connectivity index (χ3n) is 2.95. The highest BCUT2D eigenvalue weighted by molar-refractivity contribution is 7.90. The van der Waals surface area contributed by atoms with Crippen molar-refractivity contribution < 1.29 is 21.6 Å². The molecule has 0 spiro atoms. The van der Waals surface area contributed by atoms with Crippen molar-refractivity contribution in [3.05, 3.63) is 65.0 Å². The summed E-state index contributed by atoms with van der Waals surface area (Å²) in [6.45, 7) is -0.0892. The average Bonchev–Trinajstić information content (AvgIpc) is 2.43. The lowest BCUT2D eigenvalue weighted by Crippen LogP contribution is -2.11. The van der Waals surface area contributed by atoms with E-state index in [0.717, 1.165) is 12.1 Å². The van der Waals surface area contributed by atoms with E-state index in [1.165, 1.54) is 18.2 Å². The van der Waals surface area contributed by atoms with Gasteiger partial charge in [0.1, 0.15) is 22.3 Å². The average molecular weight is 315 g/mol. The number of halogens is 3. The molecule has 0 aliphatic rings. The predicted molar refractivity (Wildman–Crippen MR) is 71.5 cm³/mol. The SMILES string of the molecule is NCc1cccc(CS(=O)(=O)c2cc(F)ccc2F)c1F. The number of hydrogen-bond acceptors (Lipinski definition) is 3. The van der Waals surface area contributed by atoms with Crippen molar-refractivity contribution in [3.8, 4) is 0 Å². The van der Waals surface area contributed by atoms with Crippen LogP contribution in [0.1, 0.15) is 11.1 Å². The van der Waals surface area contributed by atoms with Gasteiger partial charge in [-0.15, -0.1) is 0 Å². The molecule has 0 bridgehead atoms. The lowest BCUT2D eigenvalue weighted by atomic mass is 10.1. The Hall–Kier alpha value is -1.86. The van der Waals surface area contributed by atoms with Gasteiger partial charge in [-0.3, -0.25) is 0 Å². The second kappa shape index (κ2) is 5.87. The molecular formula is C14H12F3NO2S. The van der Waals surface area contributed by atoms with Gasteiger partial charge in [0.25, 0.3) is 0 Å². The van der Waals surface area contributed by atoms with E-state index in [0.29, 0.717) is 6.07 Å². The normalized spacial score (nSPS) is 11.6. The van der Waals surface area contributed by atoms with E-state index in [2.05, 4.69) is 0 Å². The third-order valence-corrected chi connectivity index (χ3v) is 4.63. The Morgan fingerprint density at radius 3 is 2.33 bits per heavy atom. The molecule has 2 aromatic rings. The molecule has 0 aliphatic heterocycles. The minimum absolute atomic E-state index is 0.0892. The van der Waals surface area contributed by atoms with Crippen LogP contribution in [0.25, 0.3) is 0 Å².